The Hall–Kier alpha value is -2.08. The highest BCUT2D eigenvalue weighted by atomic mass is 32.2. The molecule has 0 spiro atoms. The second-order valence-corrected chi connectivity index (χ2v) is 5.52. The molecular formula is C13H15N3O2S. The Bertz CT molecular complexity index is 642. The van der Waals surface area contributed by atoms with Gasteiger partial charge in [0.1, 0.15) is 4.90 Å². The molecule has 1 heterocycles. The summed E-state index contributed by atoms with van der Waals surface area (Å²) in [5, 5.41) is 3.03. The number of nitrogens with zero attached hydrogens (tertiary/aromatic N) is 1. The van der Waals surface area contributed by atoms with Gasteiger partial charge in [0.2, 0.25) is 0 Å². The van der Waals surface area contributed by atoms with Gasteiger partial charge in [-0.25, -0.2) is 8.42 Å². The Labute approximate surface area is 112 Å². The average Bonchev–Trinajstić information content (AvgIpc) is 2.40. The van der Waals surface area contributed by atoms with Crippen molar-refractivity contribution in [2.45, 2.75) is 11.8 Å². The fraction of sp³-hybridized carbons (Fsp3) is 0.154. The summed E-state index contributed by atoms with van der Waals surface area (Å²) >= 11 is 0. The molecule has 0 saturated carbocycles. The number of rotatable bonds is 5. The molecule has 0 amide bonds. The van der Waals surface area contributed by atoms with Crippen LogP contribution in [0.2, 0.25) is 0 Å². The maximum Gasteiger partial charge on any atom is 0.264 e. The first kappa shape index (κ1) is 13.4. The van der Waals surface area contributed by atoms with Crippen molar-refractivity contribution in [1.29, 1.82) is 0 Å². The first-order valence-electron chi connectivity index (χ1n) is 5.89. The molecule has 0 aliphatic heterocycles. The van der Waals surface area contributed by atoms with E-state index in [2.05, 4.69) is 15.0 Å². The van der Waals surface area contributed by atoms with Crippen molar-refractivity contribution >= 4 is 21.4 Å². The van der Waals surface area contributed by atoms with E-state index in [4.69, 9.17) is 0 Å². The van der Waals surface area contributed by atoms with Gasteiger partial charge in [-0.05, 0) is 31.2 Å². The molecule has 0 unspecified atom stereocenters. The monoisotopic (exact) mass is 277 g/mol. The lowest BCUT2D eigenvalue weighted by atomic mass is 10.3. The number of aromatic nitrogens is 1. The Morgan fingerprint density at radius 3 is 2.63 bits per heavy atom. The number of hydrogen-bond acceptors (Lipinski definition) is 4. The summed E-state index contributed by atoms with van der Waals surface area (Å²) < 4.78 is 27.1. The van der Waals surface area contributed by atoms with Gasteiger partial charge in [0.25, 0.3) is 10.0 Å². The summed E-state index contributed by atoms with van der Waals surface area (Å²) in [7, 11) is -3.62. The van der Waals surface area contributed by atoms with Crippen LogP contribution in [0.3, 0.4) is 0 Å². The molecule has 0 fully saturated rings. The van der Waals surface area contributed by atoms with Crippen LogP contribution in [0, 0.1) is 0 Å². The van der Waals surface area contributed by atoms with Crippen molar-refractivity contribution in [3.63, 3.8) is 0 Å². The molecular weight excluding hydrogens is 262 g/mol. The normalized spacial score (nSPS) is 11.0. The fourth-order valence-corrected chi connectivity index (χ4v) is 2.90. The molecule has 19 heavy (non-hydrogen) atoms. The van der Waals surface area contributed by atoms with Crippen LogP contribution in [-0.2, 0) is 10.0 Å². The highest BCUT2D eigenvalue weighted by Gasteiger charge is 2.17. The SMILES string of the molecule is CCNc1ccccc1S(=O)(=O)Nc1cccnc1. The third-order valence-corrected chi connectivity index (χ3v) is 3.90. The summed E-state index contributed by atoms with van der Waals surface area (Å²) in [6, 6.07) is 10.1. The van der Waals surface area contributed by atoms with E-state index in [1.54, 1.807) is 42.6 Å². The Morgan fingerprint density at radius 2 is 1.95 bits per heavy atom. The van der Waals surface area contributed by atoms with E-state index in [9.17, 15) is 8.42 Å². The largest absolute Gasteiger partial charge is 0.384 e. The first-order chi connectivity index (χ1) is 9.13. The number of nitrogens with one attached hydrogen (secondary N) is 2. The van der Waals surface area contributed by atoms with E-state index in [-0.39, 0.29) is 4.90 Å². The van der Waals surface area contributed by atoms with Crippen LogP contribution < -0.4 is 10.0 Å². The minimum atomic E-state index is -3.62. The van der Waals surface area contributed by atoms with Crippen molar-refractivity contribution in [2.75, 3.05) is 16.6 Å². The number of hydrogen-bond donors (Lipinski definition) is 2. The second-order valence-electron chi connectivity index (χ2n) is 3.87. The van der Waals surface area contributed by atoms with Crippen LogP contribution >= 0.6 is 0 Å². The predicted molar refractivity (Wildman–Crippen MR) is 75.7 cm³/mol. The van der Waals surface area contributed by atoms with E-state index < -0.39 is 10.0 Å². The fourth-order valence-electron chi connectivity index (χ4n) is 1.67. The van der Waals surface area contributed by atoms with Gasteiger partial charge in [-0.3, -0.25) is 9.71 Å². The molecule has 0 radical (unpaired) electrons. The van der Waals surface area contributed by atoms with Crippen LogP contribution in [-0.4, -0.2) is 19.9 Å². The maximum absolute atomic E-state index is 12.3. The molecule has 0 atom stereocenters. The third-order valence-electron chi connectivity index (χ3n) is 2.46. The number of para-hydroxylation sites is 1. The zero-order valence-corrected chi connectivity index (χ0v) is 11.3. The lowest BCUT2D eigenvalue weighted by molar-refractivity contribution is 0.601. The van der Waals surface area contributed by atoms with Gasteiger partial charge in [0.15, 0.2) is 0 Å². The lowest BCUT2D eigenvalue weighted by Gasteiger charge is -2.12. The first-order valence-corrected chi connectivity index (χ1v) is 7.37. The van der Waals surface area contributed by atoms with Gasteiger partial charge in [0, 0.05) is 12.7 Å². The highest BCUT2D eigenvalue weighted by molar-refractivity contribution is 7.92. The van der Waals surface area contributed by atoms with E-state index in [1.807, 2.05) is 6.92 Å². The van der Waals surface area contributed by atoms with Gasteiger partial charge in [-0.15, -0.1) is 0 Å². The molecule has 0 aliphatic rings. The van der Waals surface area contributed by atoms with Gasteiger partial charge >= 0.3 is 0 Å². The van der Waals surface area contributed by atoms with Crippen molar-refractivity contribution in [2.24, 2.45) is 0 Å². The Balaban J connectivity index is 2.35. The minimum Gasteiger partial charge on any atom is -0.384 e. The molecule has 100 valence electrons. The van der Waals surface area contributed by atoms with Crippen molar-refractivity contribution in [1.82, 2.24) is 4.98 Å². The van der Waals surface area contributed by atoms with Crippen LogP contribution in [0.1, 0.15) is 6.92 Å². The molecule has 2 rings (SSSR count). The summed E-state index contributed by atoms with van der Waals surface area (Å²) in [6.45, 7) is 2.57. The van der Waals surface area contributed by atoms with Gasteiger partial charge < -0.3 is 5.32 Å². The molecule has 0 aliphatic carbocycles. The van der Waals surface area contributed by atoms with Gasteiger partial charge in [-0.2, -0.15) is 0 Å². The number of benzene rings is 1. The lowest BCUT2D eigenvalue weighted by Crippen LogP contribution is -2.15. The smallest absolute Gasteiger partial charge is 0.264 e. The van der Waals surface area contributed by atoms with Crippen molar-refractivity contribution < 1.29 is 8.42 Å². The topological polar surface area (TPSA) is 71.1 Å². The molecule has 0 saturated heterocycles. The number of anilines is 2. The zero-order chi connectivity index (χ0) is 13.7. The molecule has 1 aromatic heterocycles. The molecule has 5 nitrogen and oxygen atoms in total. The van der Waals surface area contributed by atoms with Crippen molar-refractivity contribution in [3.05, 3.63) is 48.8 Å². The summed E-state index contributed by atoms with van der Waals surface area (Å²) in [4.78, 5) is 4.10. The average molecular weight is 277 g/mol. The van der Waals surface area contributed by atoms with E-state index in [0.717, 1.165) is 0 Å². The highest BCUT2D eigenvalue weighted by Crippen LogP contribution is 2.22. The summed E-state index contributed by atoms with van der Waals surface area (Å²) in [6.07, 6.45) is 3.05. The summed E-state index contributed by atoms with van der Waals surface area (Å²) in [5.74, 6) is 0. The Kier molecular flexibility index (Phi) is 4.01. The van der Waals surface area contributed by atoms with Gasteiger partial charge in [-0.1, -0.05) is 12.1 Å². The predicted octanol–water partition coefficient (Wildman–Crippen LogP) is 2.31. The molecule has 1 aromatic carbocycles. The Morgan fingerprint density at radius 1 is 1.16 bits per heavy atom. The quantitative estimate of drug-likeness (QED) is 0.879. The number of pyridine rings is 1. The van der Waals surface area contributed by atoms with Gasteiger partial charge in [0.05, 0.1) is 17.6 Å². The molecule has 6 heteroatoms. The molecule has 0 bridgehead atoms. The van der Waals surface area contributed by atoms with E-state index in [1.165, 1.54) is 6.20 Å². The van der Waals surface area contributed by atoms with Crippen LogP contribution in [0.4, 0.5) is 11.4 Å². The van der Waals surface area contributed by atoms with Crippen LogP contribution in [0.5, 0.6) is 0 Å². The number of sulfonamides is 1. The van der Waals surface area contributed by atoms with Crippen LogP contribution in [0.25, 0.3) is 0 Å². The molecule has 2 aromatic rings. The second kappa shape index (κ2) is 5.71. The summed E-state index contributed by atoms with van der Waals surface area (Å²) in [5.41, 5.74) is 1.02. The standard InChI is InChI=1S/C13H15N3O2S/c1-2-15-12-7-3-4-8-13(12)19(17,18)16-11-6-5-9-14-10-11/h3-10,15-16H,2H2,1H3. The zero-order valence-electron chi connectivity index (χ0n) is 10.5. The van der Waals surface area contributed by atoms with E-state index in [0.29, 0.717) is 17.9 Å². The minimum absolute atomic E-state index is 0.223. The van der Waals surface area contributed by atoms with Crippen molar-refractivity contribution in [3.8, 4) is 0 Å². The van der Waals surface area contributed by atoms with E-state index >= 15 is 0 Å². The van der Waals surface area contributed by atoms with Crippen LogP contribution in [0.15, 0.2) is 53.7 Å². The maximum atomic E-state index is 12.3. The molecule has 2 N–H and O–H groups in total. The third kappa shape index (κ3) is 3.23.